The Morgan fingerprint density at radius 2 is 1.70 bits per heavy atom. The molecule has 2 aromatic rings. The highest BCUT2D eigenvalue weighted by atomic mass is 19.1. The van der Waals surface area contributed by atoms with Gasteiger partial charge in [0.05, 0.1) is 11.3 Å². The van der Waals surface area contributed by atoms with E-state index in [4.69, 9.17) is 10.2 Å². The molecule has 0 heterocycles. The van der Waals surface area contributed by atoms with Crippen LogP contribution in [0.4, 0.5) is 10.1 Å². The number of carbonyl (C=O) groups is 2. The molecule has 0 fully saturated rings. The quantitative estimate of drug-likeness (QED) is 0.803. The molecule has 2 aromatic carbocycles. The van der Waals surface area contributed by atoms with Crippen LogP contribution in [-0.4, -0.2) is 22.1 Å². The lowest BCUT2D eigenvalue weighted by atomic mass is 10.1. The third kappa shape index (κ3) is 2.92. The Bertz CT molecular complexity index is 667. The van der Waals surface area contributed by atoms with Gasteiger partial charge in [-0.1, -0.05) is 0 Å². The summed E-state index contributed by atoms with van der Waals surface area (Å²) >= 11 is 0. The fourth-order valence-corrected chi connectivity index (χ4v) is 1.61. The predicted molar refractivity (Wildman–Crippen MR) is 69.4 cm³/mol. The van der Waals surface area contributed by atoms with Crippen molar-refractivity contribution in [1.29, 1.82) is 0 Å². The minimum atomic E-state index is -1.34. The molecule has 5 nitrogen and oxygen atoms in total. The number of carbonyl (C=O) groups excluding carboxylic acids is 1. The van der Waals surface area contributed by atoms with E-state index >= 15 is 0 Å². The lowest BCUT2D eigenvalue weighted by Gasteiger charge is -2.08. The molecule has 3 N–H and O–H groups in total. The number of benzene rings is 2. The summed E-state index contributed by atoms with van der Waals surface area (Å²) in [7, 11) is 0. The van der Waals surface area contributed by atoms with Gasteiger partial charge in [-0.05, 0) is 42.5 Å². The maximum atomic E-state index is 13.0. The zero-order valence-electron chi connectivity index (χ0n) is 10.1. The SMILES string of the molecule is O=C(Nc1ccc(F)cc1C(=O)O)c1ccc(O)cc1. The minimum absolute atomic E-state index is 0.00280. The first-order valence-corrected chi connectivity index (χ1v) is 5.60. The smallest absolute Gasteiger partial charge is 0.337 e. The first-order chi connectivity index (χ1) is 9.47. The molecule has 2 rings (SSSR count). The van der Waals surface area contributed by atoms with Crippen LogP contribution < -0.4 is 5.32 Å². The molecule has 102 valence electrons. The van der Waals surface area contributed by atoms with Crippen LogP contribution in [0.15, 0.2) is 42.5 Å². The number of hydrogen-bond acceptors (Lipinski definition) is 3. The number of phenols is 1. The Balaban J connectivity index is 2.28. The van der Waals surface area contributed by atoms with Gasteiger partial charge < -0.3 is 15.5 Å². The molecule has 0 aromatic heterocycles. The summed E-state index contributed by atoms with van der Waals surface area (Å²) in [6, 6.07) is 8.49. The largest absolute Gasteiger partial charge is 0.508 e. The van der Waals surface area contributed by atoms with Crippen LogP contribution in [0.1, 0.15) is 20.7 Å². The third-order valence-electron chi connectivity index (χ3n) is 2.59. The number of amides is 1. The number of carboxylic acids is 1. The monoisotopic (exact) mass is 275 g/mol. The van der Waals surface area contributed by atoms with Crippen molar-refractivity contribution in [2.75, 3.05) is 5.32 Å². The summed E-state index contributed by atoms with van der Waals surface area (Å²) in [6.45, 7) is 0. The van der Waals surface area contributed by atoms with Crippen LogP contribution in [-0.2, 0) is 0 Å². The molecule has 1 amide bonds. The highest BCUT2D eigenvalue weighted by Crippen LogP contribution is 2.19. The second kappa shape index (κ2) is 5.40. The summed E-state index contributed by atoms with van der Waals surface area (Å²) in [6.07, 6.45) is 0. The van der Waals surface area contributed by atoms with E-state index in [1.165, 1.54) is 30.3 Å². The van der Waals surface area contributed by atoms with E-state index in [0.29, 0.717) is 0 Å². The number of aromatic hydroxyl groups is 1. The topological polar surface area (TPSA) is 86.6 Å². The van der Waals surface area contributed by atoms with Crippen LogP contribution in [0.5, 0.6) is 5.75 Å². The molecule has 0 unspecified atom stereocenters. The molecule has 0 spiro atoms. The van der Waals surface area contributed by atoms with Gasteiger partial charge in [0, 0.05) is 5.56 Å². The van der Waals surface area contributed by atoms with Gasteiger partial charge in [-0.2, -0.15) is 0 Å². The van der Waals surface area contributed by atoms with Gasteiger partial charge in [0.1, 0.15) is 11.6 Å². The number of nitrogens with one attached hydrogen (secondary N) is 1. The Kier molecular flexibility index (Phi) is 3.65. The second-order valence-corrected chi connectivity index (χ2v) is 4.00. The number of anilines is 1. The van der Waals surface area contributed by atoms with E-state index in [2.05, 4.69) is 5.32 Å². The van der Waals surface area contributed by atoms with E-state index in [1.807, 2.05) is 0 Å². The lowest BCUT2D eigenvalue weighted by molar-refractivity contribution is 0.0697. The van der Waals surface area contributed by atoms with Crippen molar-refractivity contribution in [2.45, 2.75) is 0 Å². The summed E-state index contributed by atoms with van der Waals surface area (Å²) < 4.78 is 13.0. The van der Waals surface area contributed by atoms with Crippen molar-refractivity contribution in [3.63, 3.8) is 0 Å². The number of halogens is 1. The Morgan fingerprint density at radius 1 is 1.05 bits per heavy atom. The fraction of sp³-hybridized carbons (Fsp3) is 0. The van der Waals surface area contributed by atoms with Crippen molar-refractivity contribution in [3.05, 3.63) is 59.4 Å². The van der Waals surface area contributed by atoms with Gasteiger partial charge in [-0.3, -0.25) is 4.79 Å². The molecule has 0 aliphatic heterocycles. The van der Waals surface area contributed by atoms with Crippen LogP contribution in [0, 0.1) is 5.82 Å². The van der Waals surface area contributed by atoms with E-state index in [9.17, 15) is 14.0 Å². The van der Waals surface area contributed by atoms with Gasteiger partial charge in [0.2, 0.25) is 0 Å². The Morgan fingerprint density at radius 3 is 2.30 bits per heavy atom. The first kappa shape index (κ1) is 13.5. The standard InChI is InChI=1S/C14H10FNO4/c15-9-3-6-12(11(7-9)14(19)20)16-13(18)8-1-4-10(17)5-2-8/h1-7,17H,(H,16,18)(H,19,20). The zero-order chi connectivity index (χ0) is 14.7. The number of phenolic OH excluding ortho intramolecular Hbond substituents is 1. The Labute approximate surface area is 113 Å². The van der Waals surface area contributed by atoms with Gasteiger partial charge in [-0.25, -0.2) is 9.18 Å². The highest BCUT2D eigenvalue weighted by Gasteiger charge is 2.14. The molecule has 20 heavy (non-hydrogen) atoms. The summed E-state index contributed by atoms with van der Waals surface area (Å²) in [5.41, 5.74) is -0.0995. The molecule has 0 atom stereocenters. The maximum Gasteiger partial charge on any atom is 0.337 e. The number of aromatic carboxylic acids is 1. The van der Waals surface area contributed by atoms with Crippen molar-refractivity contribution >= 4 is 17.6 Å². The van der Waals surface area contributed by atoms with Crippen molar-refractivity contribution in [1.82, 2.24) is 0 Å². The van der Waals surface area contributed by atoms with Gasteiger partial charge >= 0.3 is 5.97 Å². The van der Waals surface area contributed by atoms with E-state index in [1.54, 1.807) is 0 Å². The molecule has 0 radical (unpaired) electrons. The van der Waals surface area contributed by atoms with E-state index < -0.39 is 17.7 Å². The normalized spacial score (nSPS) is 10.1. The molecule has 0 aliphatic rings. The summed E-state index contributed by atoms with van der Waals surface area (Å²) in [5.74, 6) is -2.59. The number of hydrogen-bond donors (Lipinski definition) is 3. The molecule has 0 saturated heterocycles. The molecule has 6 heteroatoms. The third-order valence-corrected chi connectivity index (χ3v) is 2.59. The zero-order valence-corrected chi connectivity index (χ0v) is 10.1. The minimum Gasteiger partial charge on any atom is -0.508 e. The van der Waals surface area contributed by atoms with Crippen LogP contribution in [0.2, 0.25) is 0 Å². The first-order valence-electron chi connectivity index (χ1n) is 5.60. The number of carboxylic acid groups (broad SMARTS) is 1. The predicted octanol–water partition coefficient (Wildman–Crippen LogP) is 2.48. The van der Waals surface area contributed by atoms with Gasteiger partial charge in [-0.15, -0.1) is 0 Å². The van der Waals surface area contributed by atoms with E-state index in [0.717, 1.165) is 12.1 Å². The second-order valence-electron chi connectivity index (χ2n) is 4.00. The van der Waals surface area contributed by atoms with Gasteiger partial charge in [0.25, 0.3) is 5.91 Å². The average molecular weight is 275 g/mol. The molecular weight excluding hydrogens is 265 g/mol. The summed E-state index contributed by atoms with van der Waals surface area (Å²) in [4.78, 5) is 22.9. The average Bonchev–Trinajstić information content (AvgIpc) is 2.41. The Hall–Kier alpha value is -2.89. The molecule has 0 bridgehead atoms. The van der Waals surface area contributed by atoms with Crippen LogP contribution in [0.25, 0.3) is 0 Å². The number of rotatable bonds is 3. The molecule has 0 saturated carbocycles. The van der Waals surface area contributed by atoms with Crippen molar-refractivity contribution in [2.24, 2.45) is 0 Å². The van der Waals surface area contributed by atoms with E-state index in [-0.39, 0.29) is 22.6 Å². The summed E-state index contributed by atoms with van der Waals surface area (Å²) in [5, 5.41) is 20.5. The lowest BCUT2D eigenvalue weighted by Crippen LogP contribution is -2.14. The molecular formula is C14H10FNO4. The maximum absolute atomic E-state index is 13.0. The van der Waals surface area contributed by atoms with Crippen LogP contribution in [0.3, 0.4) is 0 Å². The highest BCUT2D eigenvalue weighted by molar-refractivity contribution is 6.07. The molecule has 0 aliphatic carbocycles. The van der Waals surface area contributed by atoms with Gasteiger partial charge in [0.15, 0.2) is 0 Å². The van der Waals surface area contributed by atoms with Crippen molar-refractivity contribution in [3.8, 4) is 5.75 Å². The fourth-order valence-electron chi connectivity index (χ4n) is 1.61. The van der Waals surface area contributed by atoms with Crippen LogP contribution >= 0.6 is 0 Å². The van der Waals surface area contributed by atoms with Crippen molar-refractivity contribution < 1.29 is 24.2 Å².